The van der Waals surface area contributed by atoms with Crippen molar-refractivity contribution in [3.63, 3.8) is 0 Å². The molecule has 0 saturated carbocycles. The number of rotatable bonds is 7. The number of carbonyl (C=O) groups excluding carboxylic acids is 1. The van der Waals surface area contributed by atoms with Gasteiger partial charge in [-0.05, 0) is 30.9 Å². The average Bonchev–Trinajstić information content (AvgIpc) is 2.85. The van der Waals surface area contributed by atoms with Gasteiger partial charge in [0.05, 0.1) is 17.1 Å². The number of nitrogens with one attached hydrogen (secondary N) is 2. The zero-order valence-corrected chi connectivity index (χ0v) is 12.7. The molecule has 2 aromatic rings. The van der Waals surface area contributed by atoms with Crippen LogP contribution in [0.1, 0.15) is 32.5 Å². The Labute approximate surface area is 125 Å². The fourth-order valence-corrected chi connectivity index (χ4v) is 2.34. The van der Waals surface area contributed by atoms with Gasteiger partial charge in [0.15, 0.2) is 0 Å². The first-order chi connectivity index (χ1) is 10.1. The van der Waals surface area contributed by atoms with Crippen LogP contribution in [0.25, 0.3) is 11.0 Å². The maximum Gasteiger partial charge on any atom is 0.236 e. The second-order valence-corrected chi connectivity index (χ2v) is 5.83. The van der Waals surface area contributed by atoms with Gasteiger partial charge in [0.1, 0.15) is 5.82 Å². The van der Waals surface area contributed by atoms with Crippen molar-refractivity contribution in [2.45, 2.75) is 39.2 Å². The maximum atomic E-state index is 11.8. The normalized spacial score (nSPS) is 12.8. The van der Waals surface area contributed by atoms with Crippen LogP contribution in [-0.4, -0.2) is 28.5 Å². The number of nitrogens with two attached hydrogens (primary N) is 1. The number of imidazole rings is 1. The first-order valence-corrected chi connectivity index (χ1v) is 7.53. The van der Waals surface area contributed by atoms with E-state index in [-0.39, 0.29) is 5.91 Å². The second kappa shape index (κ2) is 7.22. The average molecular weight is 288 g/mol. The minimum Gasteiger partial charge on any atom is -0.355 e. The van der Waals surface area contributed by atoms with Gasteiger partial charge >= 0.3 is 0 Å². The molecule has 0 spiro atoms. The number of hydrogen-bond donors (Lipinski definition) is 3. The molecule has 0 fully saturated rings. The highest BCUT2D eigenvalue weighted by Gasteiger charge is 2.14. The van der Waals surface area contributed by atoms with E-state index in [1.165, 1.54) is 0 Å². The summed E-state index contributed by atoms with van der Waals surface area (Å²) in [5, 5.41) is 2.89. The Kier molecular flexibility index (Phi) is 5.33. The number of hydrogen-bond acceptors (Lipinski definition) is 3. The Morgan fingerprint density at radius 3 is 2.86 bits per heavy atom. The fraction of sp³-hybridized carbons (Fsp3) is 0.500. The molecule has 0 saturated heterocycles. The number of fused-ring (bicyclic) bond motifs is 1. The third-order valence-corrected chi connectivity index (χ3v) is 3.39. The van der Waals surface area contributed by atoms with Gasteiger partial charge in [-0.1, -0.05) is 26.0 Å². The lowest BCUT2D eigenvalue weighted by molar-refractivity contribution is -0.122. The fourth-order valence-electron chi connectivity index (χ4n) is 2.34. The van der Waals surface area contributed by atoms with Crippen LogP contribution in [0.2, 0.25) is 0 Å². The molecule has 0 radical (unpaired) electrons. The van der Waals surface area contributed by atoms with E-state index in [0.29, 0.717) is 12.5 Å². The van der Waals surface area contributed by atoms with Crippen LogP contribution < -0.4 is 11.1 Å². The molecule has 0 unspecified atom stereocenters. The van der Waals surface area contributed by atoms with Crippen LogP contribution in [0.15, 0.2) is 24.3 Å². The van der Waals surface area contributed by atoms with E-state index in [1.54, 1.807) is 0 Å². The first kappa shape index (κ1) is 15.5. The second-order valence-electron chi connectivity index (χ2n) is 5.83. The molecule has 1 atom stereocenters. The summed E-state index contributed by atoms with van der Waals surface area (Å²) in [5.41, 5.74) is 7.87. The predicted molar refractivity (Wildman–Crippen MR) is 84.9 cm³/mol. The van der Waals surface area contributed by atoms with Gasteiger partial charge in [0, 0.05) is 13.0 Å². The SMILES string of the molecule is CC(C)C[C@H](N)C(=O)NCCCc1nc2ccccc2[nH]1. The van der Waals surface area contributed by atoms with Crippen LogP contribution in [0.5, 0.6) is 0 Å². The van der Waals surface area contributed by atoms with Gasteiger partial charge in [-0.2, -0.15) is 0 Å². The molecule has 0 aliphatic carbocycles. The number of benzene rings is 1. The van der Waals surface area contributed by atoms with E-state index < -0.39 is 6.04 Å². The number of aryl methyl sites for hydroxylation is 1. The molecule has 1 aromatic heterocycles. The number of amides is 1. The first-order valence-electron chi connectivity index (χ1n) is 7.53. The maximum absolute atomic E-state index is 11.8. The third kappa shape index (κ3) is 4.56. The van der Waals surface area contributed by atoms with E-state index in [1.807, 2.05) is 24.3 Å². The molecule has 0 aliphatic heterocycles. The highest BCUT2D eigenvalue weighted by Crippen LogP contribution is 2.11. The van der Waals surface area contributed by atoms with Gasteiger partial charge < -0.3 is 16.0 Å². The molecule has 1 heterocycles. The molecule has 0 bridgehead atoms. The van der Waals surface area contributed by atoms with Crippen molar-refractivity contribution >= 4 is 16.9 Å². The Bertz CT molecular complexity index is 558. The zero-order chi connectivity index (χ0) is 15.2. The molecular weight excluding hydrogens is 264 g/mol. The largest absolute Gasteiger partial charge is 0.355 e. The van der Waals surface area contributed by atoms with E-state index in [0.717, 1.165) is 36.1 Å². The standard InChI is InChI=1S/C16H24N4O/c1-11(2)10-12(17)16(21)18-9-5-8-15-19-13-6-3-4-7-14(13)20-15/h3-4,6-7,11-12H,5,8-10,17H2,1-2H3,(H,18,21)(H,19,20)/t12-/m0/s1. The molecule has 0 aliphatic rings. The number of aromatic nitrogens is 2. The summed E-state index contributed by atoms with van der Waals surface area (Å²) in [6.07, 6.45) is 2.38. The highest BCUT2D eigenvalue weighted by atomic mass is 16.2. The molecule has 1 aromatic carbocycles. The summed E-state index contributed by atoms with van der Waals surface area (Å²) in [7, 11) is 0. The Hall–Kier alpha value is -1.88. The molecular formula is C16H24N4O. The van der Waals surface area contributed by atoms with Crippen LogP contribution in [0.3, 0.4) is 0 Å². The van der Waals surface area contributed by atoms with Crippen molar-refractivity contribution in [3.05, 3.63) is 30.1 Å². The van der Waals surface area contributed by atoms with Crippen molar-refractivity contribution < 1.29 is 4.79 Å². The molecule has 1 amide bonds. The number of nitrogens with zero attached hydrogens (tertiary/aromatic N) is 1. The molecule has 21 heavy (non-hydrogen) atoms. The Morgan fingerprint density at radius 2 is 2.14 bits per heavy atom. The lowest BCUT2D eigenvalue weighted by Crippen LogP contribution is -2.41. The van der Waals surface area contributed by atoms with Gasteiger partial charge in [-0.3, -0.25) is 4.79 Å². The number of H-pyrrole nitrogens is 1. The number of para-hydroxylation sites is 2. The predicted octanol–water partition coefficient (Wildman–Crippen LogP) is 1.99. The summed E-state index contributed by atoms with van der Waals surface area (Å²) in [5.74, 6) is 1.33. The lowest BCUT2D eigenvalue weighted by Gasteiger charge is -2.13. The van der Waals surface area contributed by atoms with Crippen LogP contribution in [-0.2, 0) is 11.2 Å². The van der Waals surface area contributed by atoms with Crippen molar-refractivity contribution in [3.8, 4) is 0 Å². The Morgan fingerprint density at radius 1 is 1.38 bits per heavy atom. The molecule has 2 rings (SSSR count). The smallest absolute Gasteiger partial charge is 0.236 e. The van der Waals surface area contributed by atoms with E-state index in [4.69, 9.17) is 5.73 Å². The summed E-state index contributed by atoms with van der Waals surface area (Å²) in [6.45, 7) is 4.76. The van der Waals surface area contributed by atoms with Crippen molar-refractivity contribution in [1.82, 2.24) is 15.3 Å². The minimum atomic E-state index is -0.406. The lowest BCUT2D eigenvalue weighted by atomic mass is 10.0. The molecule has 114 valence electrons. The summed E-state index contributed by atoms with van der Waals surface area (Å²) < 4.78 is 0. The molecule has 5 heteroatoms. The van der Waals surface area contributed by atoms with Gasteiger partial charge in [-0.15, -0.1) is 0 Å². The van der Waals surface area contributed by atoms with Crippen LogP contribution >= 0.6 is 0 Å². The Balaban J connectivity index is 1.73. The van der Waals surface area contributed by atoms with Gasteiger partial charge in [0.25, 0.3) is 0 Å². The van der Waals surface area contributed by atoms with Crippen molar-refractivity contribution in [1.29, 1.82) is 0 Å². The van der Waals surface area contributed by atoms with E-state index >= 15 is 0 Å². The molecule has 5 nitrogen and oxygen atoms in total. The zero-order valence-electron chi connectivity index (χ0n) is 12.7. The highest BCUT2D eigenvalue weighted by molar-refractivity contribution is 5.81. The van der Waals surface area contributed by atoms with Crippen LogP contribution in [0, 0.1) is 5.92 Å². The quantitative estimate of drug-likeness (QED) is 0.681. The minimum absolute atomic E-state index is 0.0618. The van der Waals surface area contributed by atoms with E-state index in [9.17, 15) is 4.79 Å². The summed E-state index contributed by atoms with van der Waals surface area (Å²) in [6, 6.07) is 7.56. The molecule has 4 N–H and O–H groups in total. The van der Waals surface area contributed by atoms with Gasteiger partial charge in [0.2, 0.25) is 5.91 Å². The van der Waals surface area contributed by atoms with Gasteiger partial charge in [-0.25, -0.2) is 4.98 Å². The summed E-state index contributed by atoms with van der Waals surface area (Å²) in [4.78, 5) is 19.6. The van der Waals surface area contributed by atoms with E-state index in [2.05, 4.69) is 29.1 Å². The third-order valence-electron chi connectivity index (χ3n) is 3.39. The van der Waals surface area contributed by atoms with Crippen molar-refractivity contribution in [2.75, 3.05) is 6.54 Å². The number of carbonyl (C=O) groups is 1. The monoisotopic (exact) mass is 288 g/mol. The van der Waals surface area contributed by atoms with Crippen molar-refractivity contribution in [2.24, 2.45) is 11.7 Å². The van der Waals surface area contributed by atoms with Crippen LogP contribution in [0.4, 0.5) is 0 Å². The summed E-state index contributed by atoms with van der Waals surface area (Å²) >= 11 is 0. The number of aromatic amines is 1. The topological polar surface area (TPSA) is 83.8 Å².